The van der Waals surface area contributed by atoms with Crippen molar-refractivity contribution in [3.05, 3.63) is 67.6 Å². The molecule has 19 heavy (non-hydrogen) atoms. The Bertz CT molecular complexity index is 648. The van der Waals surface area contributed by atoms with Gasteiger partial charge in [0.2, 0.25) is 0 Å². The first-order valence-electron chi connectivity index (χ1n) is 5.35. The lowest BCUT2D eigenvalue weighted by Gasteiger charge is -2.06. The number of benzene rings is 2. The van der Waals surface area contributed by atoms with Crippen LogP contribution >= 0.6 is 31.9 Å². The van der Waals surface area contributed by atoms with Gasteiger partial charge < -0.3 is 0 Å². The highest BCUT2D eigenvalue weighted by Crippen LogP contribution is 2.24. The molecule has 0 bridgehead atoms. The fourth-order valence-electron chi connectivity index (χ4n) is 1.66. The third-order valence-electron chi connectivity index (χ3n) is 2.62. The van der Waals surface area contributed by atoms with Gasteiger partial charge in [0, 0.05) is 14.5 Å². The SMILES string of the molecule is Cc1cc(F)c(C(=O)c2cc(Br)cc(Br)c2)cc1F. The van der Waals surface area contributed by atoms with Gasteiger partial charge in [0.05, 0.1) is 5.56 Å². The summed E-state index contributed by atoms with van der Waals surface area (Å²) in [6.45, 7) is 1.45. The van der Waals surface area contributed by atoms with Crippen LogP contribution in [-0.4, -0.2) is 5.78 Å². The zero-order valence-corrected chi connectivity index (χ0v) is 13.0. The molecule has 0 N–H and O–H groups in total. The van der Waals surface area contributed by atoms with E-state index in [4.69, 9.17) is 0 Å². The number of hydrogen-bond donors (Lipinski definition) is 0. The zero-order valence-electron chi connectivity index (χ0n) is 9.81. The molecule has 98 valence electrons. The maximum Gasteiger partial charge on any atom is 0.196 e. The quantitative estimate of drug-likeness (QED) is 0.658. The van der Waals surface area contributed by atoms with Crippen LogP contribution < -0.4 is 0 Å². The monoisotopic (exact) mass is 388 g/mol. The molecule has 0 saturated carbocycles. The fourth-order valence-corrected chi connectivity index (χ4v) is 2.95. The second-order valence-electron chi connectivity index (χ2n) is 4.07. The predicted molar refractivity (Wildman–Crippen MR) is 76.4 cm³/mol. The highest BCUT2D eigenvalue weighted by molar-refractivity contribution is 9.11. The Morgan fingerprint density at radius 3 is 2.11 bits per heavy atom. The van der Waals surface area contributed by atoms with Crippen LogP contribution in [0.15, 0.2) is 39.3 Å². The summed E-state index contributed by atoms with van der Waals surface area (Å²) in [4.78, 5) is 12.2. The molecule has 0 unspecified atom stereocenters. The number of hydrogen-bond acceptors (Lipinski definition) is 1. The molecule has 0 aliphatic heterocycles. The third kappa shape index (κ3) is 3.09. The summed E-state index contributed by atoms with van der Waals surface area (Å²) in [7, 11) is 0. The summed E-state index contributed by atoms with van der Waals surface area (Å²) in [5.74, 6) is -1.88. The molecule has 0 heterocycles. The van der Waals surface area contributed by atoms with Gasteiger partial charge in [-0.2, -0.15) is 0 Å². The molecule has 2 aromatic carbocycles. The number of carbonyl (C=O) groups excluding carboxylic acids is 1. The van der Waals surface area contributed by atoms with Crippen molar-refractivity contribution in [2.45, 2.75) is 6.92 Å². The van der Waals surface area contributed by atoms with Crippen LogP contribution in [0.5, 0.6) is 0 Å². The average molecular weight is 390 g/mol. The number of ketones is 1. The van der Waals surface area contributed by atoms with Crippen LogP contribution in [0.2, 0.25) is 0 Å². The van der Waals surface area contributed by atoms with Gasteiger partial charge in [-0.15, -0.1) is 0 Å². The smallest absolute Gasteiger partial charge is 0.196 e. The van der Waals surface area contributed by atoms with E-state index in [1.165, 1.54) is 6.92 Å². The van der Waals surface area contributed by atoms with Crippen molar-refractivity contribution >= 4 is 37.6 Å². The van der Waals surface area contributed by atoms with E-state index in [9.17, 15) is 13.6 Å². The highest BCUT2D eigenvalue weighted by atomic mass is 79.9. The maximum atomic E-state index is 13.8. The molecule has 0 aliphatic carbocycles. The zero-order chi connectivity index (χ0) is 14.2. The molecule has 5 heteroatoms. The highest BCUT2D eigenvalue weighted by Gasteiger charge is 2.17. The molecule has 0 spiro atoms. The van der Waals surface area contributed by atoms with Crippen molar-refractivity contribution in [1.82, 2.24) is 0 Å². The van der Waals surface area contributed by atoms with Gasteiger partial charge in [0.1, 0.15) is 11.6 Å². The minimum atomic E-state index is -0.722. The van der Waals surface area contributed by atoms with E-state index >= 15 is 0 Å². The summed E-state index contributed by atoms with van der Waals surface area (Å²) in [5, 5.41) is 0. The Kier molecular flexibility index (Phi) is 4.16. The minimum absolute atomic E-state index is 0.171. The first-order valence-corrected chi connectivity index (χ1v) is 6.93. The van der Waals surface area contributed by atoms with Crippen molar-refractivity contribution in [3.8, 4) is 0 Å². The van der Waals surface area contributed by atoms with Gasteiger partial charge in [0.15, 0.2) is 5.78 Å². The van der Waals surface area contributed by atoms with Crippen molar-refractivity contribution in [3.63, 3.8) is 0 Å². The molecule has 0 saturated heterocycles. The minimum Gasteiger partial charge on any atom is -0.288 e. The van der Waals surface area contributed by atoms with E-state index < -0.39 is 17.4 Å². The summed E-state index contributed by atoms with van der Waals surface area (Å²) >= 11 is 6.50. The topological polar surface area (TPSA) is 17.1 Å². The van der Waals surface area contributed by atoms with Gasteiger partial charge in [-0.1, -0.05) is 31.9 Å². The molecule has 0 atom stereocenters. The number of rotatable bonds is 2. The lowest BCUT2D eigenvalue weighted by molar-refractivity contribution is 0.103. The summed E-state index contributed by atoms with van der Waals surface area (Å²) in [6, 6.07) is 6.83. The second kappa shape index (κ2) is 5.51. The fraction of sp³-hybridized carbons (Fsp3) is 0.0714. The molecule has 0 amide bonds. The Hall–Kier alpha value is -1.07. The van der Waals surface area contributed by atoms with Crippen LogP contribution in [0, 0.1) is 18.6 Å². The lowest BCUT2D eigenvalue weighted by Crippen LogP contribution is -2.06. The van der Waals surface area contributed by atoms with Gasteiger partial charge in [-0.3, -0.25) is 4.79 Å². The largest absolute Gasteiger partial charge is 0.288 e. The van der Waals surface area contributed by atoms with Crippen LogP contribution in [-0.2, 0) is 0 Å². The van der Waals surface area contributed by atoms with E-state index in [0.717, 1.165) is 12.1 Å². The Labute approximate surface area is 125 Å². The van der Waals surface area contributed by atoms with E-state index in [0.29, 0.717) is 8.95 Å². The lowest BCUT2D eigenvalue weighted by atomic mass is 10.0. The van der Waals surface area contributed by atoms with Crippen LogP contribution in [0.3, 0.4) is 0 Å². The molecule has 1 nitrogen and oxygen atoms in total. The molecule has 0 aromatic heterocycles. The number of carbonyl (C=O) groups is 1. The number of aryl methyl sites for hydroxylation is 1. The molecule has 2 aromatic rings. The number of halogens is 4. The molecular weight excluding hydrogens is 382 g/mol. The average Bonchev–Trinajstić information content (AvgIpc) is 2.31. The standard InChI is InChI=1S/C14H8Br2F2O/c1-7-2-13(18)11(6-12(7)17)14(19)8-3-9(15)5-10(16)4-8/h2-6H,1H3. The molecule has 0 radical (unpaired) electrons. The van der Waals surface area contributed by atoms with Crippen molar-refractivity contribution in [2.75, 3.05) is 0 Å². The van der Waals surface area contributed by atoms with Crippen LogP contribution in [0.1, 0.15) is 21.5 Å². The van der Waals surface area contributed by atoms with E-state index in [2.05, 4.69) is 31.9 Å². The molecule has 2 rings (SSSR count). The van der Waals surface area contributed by atoms with Crippen molar-refractivity contribution in [1.29, 1.82) is 0 Å². The Morgan fingerprint density at radius 1 is 0.947 bits per heavy atom. The van der Waals surface area contributed by atoms with Gasteiger partial charge in [-0.25, -0.2) is 8.78 Å². The first-order chi connectivity index (χ1) is 8.88. The van der Waals surface area contributed by atoms with Gasteiger partial charge in [0.25, 0.3) is 0 Å². The third-order valence-corrected chi connectivity index (χ3v) is 3.53. The molecule has 0 aliphatic rings. The summed E-state index contributed by atoms with van der Waals surface area (Å²) < 4.78 is 28.6. The van der Waals surface area contributed by atoms with Crippen molar-refractivity contribution < 1.29 is 13.6 Å². The summed E-state index contributed by atoms with van der Waals surface area (Å²) in [6.07, 6.45) is 0. The van der Waals surface area contributed by atoms with E-state index in [-0.39, 0.29) is 16.7 Å². The summed E-state index contributed by atoms with van der Waals surface area (Å²) in [5.41, 5.74) is 0.181. The van der Waals surface area contributed by atoms with Crippen molar-refractivity contribution in [2.24, 2.45) is 0 Å². The van der Waals surface area contributed by atoms with Gasteiger partial charge >= 0.3 is 0 Å². The first kappa shape index (κ1) is 14.3. The Balaban J connectivity index is 2.53. The molecular formula is C14H8Br2F2O. The van der Waals surface area contributed by atoms with Gasteiger partial charge in [-0.05, 0) is 42.8 Å². The van der Waals surface area contributed by atoms with Crippen LogP contribution in [0.4, 0.5) is 8.78 Å². The predicted octanol–water partition coefficient (Wildman–Crippen LogP) is 5.03. The molecule has 0 fully saturated rings. The van der Waals surface area contributed by atoms with E-state index in [1.807, 2.05) is 0 Å². The normalized spacial score (nSPS) is 10.6. The second-order valence-corrected chi connectivity index (χ2v) is 5.90. The Morgan fingerprint density at radius 2 is 1.53 bits per heavy atom. The van der Waals surface area contributed by atoms with E-state index in [1.54, 1.807) is 18.2 Å². The van der Waals surface area contributed by atoms with Crippen LogP contribution in [0.25, 0.3) is 0 Å². The maximum absolute atomic E-state index is 13.8.